The van der Waals surface area contributed by atoms with Crippen LogP contribution in [0.1, 0.15) is 30.4 Å². The zero-order valence-electron chi connectivity index (χ0n) is 15.5. The molecule has 0 saturated carbocycles. The van der Waals surface area contributed by atoms with Crippen LogP contribution in [0.2, 0.25) is 0 Å². The summed E-state index contributed by atoms with van der Waals surface area (Å²) >= 11 is 0. The summed E-state index contributed by atoms with van der Waals surface area (Å²) in [7, 11) is 1.62. The highest BCUT2D eigenvalue weighted by Gasteiger charge is 2.17. The lowest BCUT2D eigenvalue weighted by Crippen LogP contribution is -2.34. The van der Waals surface area contributed by atoms with Crippen LogP contribution < -0.4 is 15.4 Å². The number of amides is 3. The van der Waals surface area contributed by atoms with Gasteiger partial charge in [0, 0.05) is 31.7 Å². The van der Waals surface area contributed by atoms with E-state index in [0.29, 0.717) is 19.5 Å². The van der Waals surface area contributed by atoms with Gasteiger partial charge in [-0.3, -0.25) is 4.79 Å². The molecule has 142 valence electrons. The maximum absolute atomic E-state index is 12.1. The molecule has 3 amide bonds. The number of carbonyl (C=O) groups is 2. The van der Waals surface area contributed by atoms with Crippen molar-refractivity contribution in [3.8, 4) is 5.75 Å². The van der Waals surface area contributed by atoms with Crippen molar-refractivity contribution in [1.82, 2.24) is 10.2 Å². The largest absolute Gasteiger partial charge is 0.497 e. The lowest BCUT2D eigenvalue weighted by molar-refractivity contribution is -0.133. The third-order valence-corrected chi connectivity index (χ3v) is 4.62. The molecule has 2 N–H and O–H groups in total. The highest BCUT2D eigenvalue weighted by atomic mass is 16.5. The molecule has 1 saturated heterocycles. The van der Waals surface area contributed by atoms with E-state index in [1.165, 1.54) is 0 Å². The third kappa shape index (κ3) is 5.48. The number of likely N-dealkylation sites (tertiary alicyclic amines) is 1. The molecular formula is C21H25N3O3. The van der Waals surface area contributed by atoms with E-state index in [4.69, 9.17) is 4.74 Å². The van der Waals surface area contributed by atoms with E-state index >= 15 is 0 Å². The first-order valence-corrected chi connectivity index (χ1v) is 9.18. The van der Waals surface area contributed by atoms with Gasteiger partial charge < -0.3 is 20.3 Å². The zero-order valence-corrected chi connectivity index (χ0v) is 15.5. The van der Waals surface area contributed by atoms with E-state index in [1.54, 1.807) is 7.11 Å². The van der Waals surface area contributed by atoms with Crippen molar-refractivity contribution in [2.45, 2.75) is 32.4 Å². The molecule has 1 aliphatic heterocycles. The van der Waals surface area contributed by atoms with Crippen LogP contribution in [0.5, 0.6) is 5.75 Å². The Morgan fingerprint density at radius 2 is 1.74 bits per heavy atom. The molecule has 0 aliphatic carbocycles. The average molecular weight is 367 g/mol. The molecule has 0 aromatic heterocycles. The van der Waals surface area contributed by atoms with Crippen molar-refractivity contribution in [3.05, 3.63) is 59.7 Å². The normalized spacial score (nSPS) is 14.0. The fraction of sp³-hybridized carbons (Fsp3) is 0.333. The van der Waals surface area contributed by atoms with E-state index in [1.807, 2.05) is 53.4 Å². The first-order valence-electron chi connectivity index (χ1n) is 9.18. The summed E-state index contributed by atoms with van der Waals surface area (Å²) in [5, 5.41) is 5.65. The molecule has 0 radical (unpaired) electrons. The summed E-state index contributed by atoms with van der Waals surface area (Å²) in [4.78, 5) is 25.8. The Morgan fingerprint density at radius 1 is 1.04 bits per heavy atom. The zero-order chi connectivity index (χ0) is 19.1. The van der Waals surface area contributed by atoms with Crippen LogP contribution in [0.3, 0.4) is 0 Å². The topological polar surface area (TPSA) is 70.7 Å². The summed E-state index contributed by atoms with van der Waals surface area (Å²) in [5.74, 6) is 1.01. The van der Waals surface area contributed by atoms with Crippen LogP contribution in [0, 0.1) is 0 Å². The van der Waals surface area contributed by atoms with Crippen LogP contribution in [0.15, 0.2) is 48.5 Å². The van der Waals surface area contributed by atoms with Crippen molar-refractivity contribution in [3.63, 3.8) is 0 Å². The summed E-state index contributed by atoms with van der Waals surface area (Å²) in [5.41, 5.74) is 2.78. The van der Waals surface area contributed by atoms with Gasteiger partial charge in [-0.05, 0) is 48.2 Å². The highest BCUT2D eigenvalue weighted by molar-refractivity contribution is 5.89. The molecule has 27 heavy (non-hydrogen) atoms. The predicted octanol–water partition coefficient (Wildman–Crippen LogP) is 3.53. The fourth-order valence-electron chi connectivity index (χ4n) is 3.04. The minimum atomic E-state index is -0.259. The molecule has 1 fully saturated rings. The van der Waals surface area contributed by atoms with Crippen LogP contribution >= 0.6 is 0 Å². The highest BCUT2D eigenvalue weighted by Crippen LogP contribution is 2.16. The number of benzene rings is 2. The van der Waals surface area contributed by atoms with Gasteiger partial charge in [-0.15, -0.1) is 0 Å². The Kier molecular flexibility index (Phi) is 6.30. The fourth-order valence-corrected chi connectivity index (χ4v) is 3.04. The number of nitrogens with one attached hydrogen (secondary N) is 2. The Hall–Kier alpha value is -3.02. The van der Waals surface area contributed by atoms with Crippen LogP contribution in [-0.4, -0.2) is 30.5 Å². The number of ether oxygens (including phenoxy) is 1. The van der Waals surface area contributed by atoms with Crippen molar-refractivity contribution in [2.24, 2.45) is 0 Å². The van der Waals surface area contributed by atoms with Gasteiger partial charge in [-0.1, -0.05) is 24.3 Å². The minimum absolute atomic E-state index is 0.223. The molecule has 2 aromatic carbocycles. The summed E-state index contributed by atoms with van der Waals surface area (Å²) in [6, 6.07) is 14.9. The van der Waals surface area contributed by atoms with Gasteiger partial charge in [0.25, 0.3) is 0 Å². The number of carbonyl (C=O) groups excluding carboxylic acids is 2. The van der Waals surface area contributed by atoms with Crippen molar-refractivity contribution in [1.29, 1.82) is 0 Å². The minimum Gasteiger partial charge on any atom is -0.497 e. The van der Waals surface area contributed by atoms with Crippen LogP contribution in [0.4, 0.5) is 10.5 Å². The second-order valence-electron chi connectivity index (χ2n) is 6.63. The molecule has 1 aliphatic rings. The third-order valence-electron chi connectivity index (χ3n) is 4.62. The second kappa shape index (κ2) is 9.07. The lowest BCUT2D eigenvalue weighted by Gasteiger charge is -2.26. The number of anilines is 1. The van der Waals surface area contributed by atoms with E-state index in [2.05, 4.69) is 10.6 Å². The standard InChI is InChI=1S/C21H25N3O3/c1-27-19-11-7-16(8-12-19)14-22-21(26)23-18-9-5-17(6-10-18)15-24-13-3-2-4-20(24)25/h5-12H,2-4,13-15H2,1H3,(H2,22,23,26). The Bertz CT molecular complexity index is 772. The van der Waals surface area contributed by atoms with E-state index in [9.17, 15) is 9.59 Å². The van der Waals surface area contributed by atoms with Crippen LogP contribution in [-0.2, 0) is 17.9 Å². The number of hydrogen-bond acceptors (Lipinski definition) is 3. The monoisotopic (exact) mass is 367 g/mol. The number of methoxy groups -OCH3 is 1. The van der Waals surface area contributed by atoms with E-state index < -0.39 is 0 Å². The van der Waals surface area contributed by atoms with Gasteiger partial charge in [0.1, 0.15) is 5.75 Å². The van der Waals surface area contributed by atoms with E-state index in [-0.39, 0.29) is 11.9 Å². The van der Waals surface area contributed by atoms with Gasteiger partial charge >= 0.3 is 6.03 Å². The number of urea groups is 1. The number of piperidine rings is 1. The second-order valence-corrected chi connectivity index (χ2v) is 6.63. The molecule has 0 bridgehead atoms. The van der Waals surface area contributed by atoms with Crippen molar-refractivity contribution >= 4 is 17.6 Å². The Morgan fingerprint density at radius 3 is 2.41 bits per heavy atom. The Labute approximate surface area is 159 Å². The van der Waals surface area contributed by atoms with Gasteiger partial charge in [-0.2, -0.15) is 0 Å². The van der Waals surface area contributed by atoms with Gasteiger partial charge in [0.15, 0.2) is 0 Å². The molecule has 0 unspecified atom stereocenters. The quantitative estimate of drug-likeness (QED) is 0.820. The molecule has 1 heterocycles. The van der Waals surface area contributed by atoms with Gasteiger partial charge in [-0.25, -0.2) is 4.79 Å². The molecule has 0 atom stereocenters. The maximum atomic E-state index is 12.1. The van der Waals surface area contributed by atoms with Crippen molar-refractivity contribution < 1.29 is 14.3 Å². The Balaban J connectivity index is 1.47. The first-order chi connectivity index (χ1) is 13.1. The molecule has 6 nitrogen and oxygen atoms in total. The first kappa shape index (κ1) is 18.8. The van der Waals surface area contributed by atoms with E-state index in [0.717, 1.165) is 42.0 Å². The summed E-state index contributed by atoms with van der Waals surface area (Å²) in [6.45, 7) is 1.89. The van der Waals surface area contributed by atoms with Gasteiger partial charge in [0.2, 0.25) is 5.91 Å². The summed E-state index contributed by atoms with van der Waals surface area (Å²) < 4.78 is 5.12. The predicted molar refractivity (Wildman–Crippen MR) is 105 cm³/mol. The van der Waals surface area contributed by atoms with Crippen molar-refractivity contribution in [2.75, 3.05) is 19.0 Å². The van der Waals surface area contributed by atoms with Gasteiger partial charge in [0.05, 0.1) is 7.11 Å². The molecular weight excluding hydrogens is 342 g/mol. The smallest absolute Gasteiger partial charge is 0.319 e. The average Bonchev–Trinajstić information content (AvgIpc) is 2.70. The SMILES string of the molecule is COc1ccc(CNC(=O)Nc2ccc(CN3CCCCC3=O)cc2)cc1. The number of rotatable bonds is 6. The molecule has 0 spiro atoms. The molecule has 3 rings (SSSR count). The molecule has 2 aromatic rings. The van der Waals surface area contributed by atoms with Crippen LogP contribution in [0.25, 0.3) is 0 Å². The lowest BCUT2D eigenvalue weighted by atomic mass is 10.1. The number of hydrogen-bond donors (Lipinski definition) is 2. The summed E-state index contributed by atoms with van der Waals surface area (Å²) in [6.07, 6.45) is 2.71. The maximum Gasteiger partial charge on any atom is 0.319 e. The number of nitrogens with zero attached hydrogens (tertiary/aromatic N) is 1. The molecule has 6 heteroatoms.